The van der Waals surface area contributed by atoms with E-state index in [-0.39, 0.29) is 17.4 Å². The summed E-state index contributed by atoms with van der Waals surface area (Å²) in [5.41, 5.74) is 0.820. The molecule has 1 aromatic rings. The number of carbonyl (C=O) groups excluding carboxylic acids is 2. The van der Waals surface area contributed by atoms with Crippen molar-refractivity contribution in [1.29, 1.82) is 0 Å². The second-order valence-corrected chi connectivity index (χ2v) is 11.3. The topological polar surface area (TPSA) is 75.6 Å². The number of hydrogen-bond acceptors (Lipinski definition) is 4. The van der Waals surface area contributed by atoms with Gasteiger partial charge in [0.2, 0.25) is 5.91 Å². The predicted octanol–water partition coefficient (Wildman–Crippen LogP) is 9.07. The first-order valence-corrected chi connectivity index (χ1v) is 15.7. The largest absolute Gasteiger partial charge is 0.504 e. The highest BCUT2D eigenvalue weighted by Gasteiger charge is 2.25. The van der Waals surface area contributed by atoms with Crippen molar-refractivity contribution in [2.45, 2.75) is 136 Å². The number of hydrogen-bond donors (Lipinski definition) is 2. The van der Waals surface area contributed by atoms with E-state index in [4.69, 9.17) is 4.74 Å². The first kappa shape index (κ1) is 34.7. The molecule has 1 atom stereocenters. The molecular formula is C34H57NO4. The summed E-state index contributed by atoms with van der Waals surface area (Å²) < 4.78 is 5.16. The molecule has 0 aromatic heterocycles. The fourth-order valence-corrected chi connectivity index (χ4v) is 4.88. The van der Waals surface area contributed by atoms with Crippen LogP contribution in [0.4, 0.5) is 0 Å². The predicted molar refractivity (Wildman–Crippen MR) is 163 cm³/mol. The Hall–Kier alpha value is -2.30. The number of aromatic hydroxyl groups is 1. The van der Waals surface area contributed by atoms with Crippen LogP contribution in [-0.4, -0.2) is 23.9 Å². The minimum absolute atomic E-state index is 0.0618. The smallest absolute Gasteiger partial charge is 0.230 e. The monoisotopic (exact) mass is 543 g/mol. The lowest BCUT2D eigenvalue weighted by Gasteiger charge is -2.16. The summed E-state index contributed by atoms with van der Waals surface area (Å²) in [5, 5.41) is 12.7. The molecule has 0 aliphatic carbocycles. The molecular weight excluding hydrogens is 486 g/mol. The Kier molecular flexibility index (Phi) is 20.0. The number of nitrogens with one attached hydrogen (secondary N) is 1. The lowest BCUT2D eigenvalue weighted by molar-refractivity contribution is -0.134. The first-order valence-electron chi connectivity index (χ1n) is 15.7. The van der Waals surface area contributed by atoms with Crippen LogP contribution in [-0.2, 0) is 16.1 Å². The van der Waals surface area contributed by atoms with Crippen molar-refractivity contribution in [2.24, 2.45) is 11.8 Å². The zero-order chi connectivity index (χ0) is 28.7. The minimum Gasteiger partial charge on any atom is -0.504 e. The second kappa shape index (κ2) is 22.5. The Morgan fingerprint density at radius 3 is 2.05 bits per heavy atom. The molecule has 0 heterocycles. The van der Waals surface area contributed by atoms with Gasteiger partial charge >= 0.3 is 0 Å². The molecule has 5 heteroatoms. The van der Waals surface area contributed by atoms with Crippen molar-refractivity contribution < 1.29 is 19.4 Å². The molecule has 0 spiro atoms. The van der Waals surface area contributed by atoms with E-state index in [1.165, 1.54) is 77.7 Å². The summed E-state index contributed by atoms with van der Waals surface area (Å²) in [6.07, 6.45) is 23.6. The van der Waals surface area contributed by atoms with Crippen molar-refractivity contribution in [1.82, 2.24) is 5.32 Å². The number of phenolic OH excluding ortho intramolecular Hbond substituents is 1. The van der Waals surface area contributed by atoms with E-state index in [0.29, 0.717) is 31.1 Å². The van der Waals surface area contributed by atoms with Gasteiger partial charge in [0.05, 0.1) is 13.0 Å². The van der Waals surface area contributed by atoms with Gasteiger partial charge in [0.25, 0.3) is 0 Å². The Balaban J connectivity index is 2.41. The Morgan fingerprint density at radius 2 is 1.49 bits per heavy atom. The van der Waals surface area contributed by atoms with E-state index in [1.807, 2.05) is 0 Å². The van der Waals surface area contributed by atoms with Crippen molar-refractivity contribution >= 4 is 11.7 Å². The molecule has 0 aliphatic rings. The third-order valence-corrected chi connectivity index (χ3v) is 7.33. The standard InChI is InChI=1S/C34H57NO4/c1-5-6-7-8-9-10-11-12-13-14-15-16-20-23-31(36)30(22-19-17-18-21-28(2)3)34(38)35-27-29-24-25-32(37)33(26-29)39-4/h18,21,24-26,28,30,37H,5-17,19-20,22-23,27H2,1-4H3,(H,35,38)/b21-18-. The molecule has 0 saturated heterocycles. The number of benzene rings is 1. The van der Waals surface area contributed by atoms with Crippen LogP contribution in [0, 0.1) is 11.8 Å². The van der Waals surface area contributed by atoms with Gasteiger partial charge in [-0.2, -0.15) is 0 Å². The second-order valence-electron chi connectivity index (χ2n) is 11.3. The average molecular weight is 544 g/mol. The van der Waals surface area contributed by atoms with Gasteiger partial charge in [-0.05, 0) is 49.3 Å². The molecule has 1 rings (SSSR count). The van der Waals surface area contributed by atoms with Gasteiger partial charge in [-0.3, -0.25) is 9.59 Å². The van der Waals surface area contributed by atoms with Gasteiger partial charge < -0.3 is 15.2 Å². The molecule has 2 N–H and O–H groups in total. The molecule has 1 aromatic carbocycles. The zero-order valence-electron chi connectivity index (χ0n) is 25.4. The Bertz CT molecular complexity index is 817. The lowest BCUT2D eigenvalue weighted by atomic mass is 9.92. The van der Waals surface area contributed by atoms with Gasteiger partial charge in [-0.25, -0.2) is 0 Å². The van der Waals surface area contributed by atoms with Gasteiger partial charge in [-0.15, -0.1) is 0 Å². The number of rotatable bonds is 24. The number of amides is 1. The fraction of sp³-hybridized carbons (Fsp3) is 0.706. The maximum absolute atomic E-state index is 13.1. The van der Waals surface area contributed by atoms with Crippen LogP contribution < -0.4 is 10.1 Å². The van der Waals surface area contributed by atoms with Crippen LogP contribution in [0.2, 0.25) is 0 Å². The average Bonchev–Trinajstić information content (AvgIpc) is 2.92. The minimum atomic E-state index is -0.603. The number of ether oxygens (including phenoxy) is 1. The molecule has 0 radical (unpaired) electrons. The van der Waals surface area contributed by atoms with Gasteiger partial charge in [0, 0.05) is 13.0 Å². The number of allylic oxidation sites excluding steroid dienone is 2. The van der Waals surface area contributed by atoms with E-state index in [0.717, 1.165) is 31.2 Å². The van der Waals surface area contributed by atoms with Crippen LogP contribution in [0.15, 0.2) is 30.4 Å². The summed E-state index contributed by atoms with van der Waals surface area (Å²) >= 11 is 0. The Labute approximate surface area is 239 Å². The van der Waals surface area contributed by atoms with Crippen molar-refractivity contribution in [2.75, 3.05) is 7.11 Å². The van der Waals surface area contributed by atoms with Gasteiger partial charge in [0.1, 0.15) is 5.78 Å². The van der Waals surface area contributed by atoms with Crippen LogP contribution in [0.5, 0.6) is 11.5 Å². The van der Waals surface area contributed by atoms with Crippen molar-refractivity contribution in [3.63, 3.8) is 0 Å². The normalized spacial score (nSPS) is 12.2. The highest BCUT2D eigenvalue weighted by atomic mass is 16.5. The number of unbranched alkanes of at least 4 members (excludes halogenated alkanes) is 13. The molecule has 1 unspecified atom stereocenters. The highest BCUT2D eigenvalue weighted by Crippen LogP contribution is 2.26. The number of ketones is 1. The van der Waals surface area contributed by atoms with Crippen LogP contribution in [0.1, 0.15) is 135 Å². The van der Waals surface area contributed by atoms with E-state index >= 15 is 0 Å². The fourth-order valence-electron chi connectivity index (χ4n) is 4.88. The molecule has 1 amide bonds. The molecule has 39 heavy (non-hydrogen) atoms. The highest BCUT2D eigenvalue weighted by molar-refractivity contribution is 6.01. The third-order valence-electron chi connectivity index (χ3n) is 7.33. The van der Waals surface area contributed by atoms with Gasteiger partial charge in [0.15, 0.2) is 11.5 Å². The van der Waals surface area contributed by atoms with E-state index < -0.39 is 5.92 Å². The maximum Gasteiger partial charge on any atom is 0.230 e. The van der Waals surface area contributed by atoms with Crippen LogP contribution >= 0.6 is 0 Å². The zero-order valence-corrected chi connectivity index (χ0v) is 25.4. The van der Waals surface area contributed by atoms with E-state index in [2.05, 4.69) is 38.2 Å². The lowest BCUT2D eigenvalue weighted by Crippen LogP contribution is -2.35. The van der Waals surface area contributed by atoms with E-state index in [1.54, 1.807) is 18.2 Å². The summed E-state index contributed by atoms with van der Waals surface area (Å²) in [7, 11) is 1.50. The summed E-state index contributed by atoms with van der Waals surface area (Å²) in [6, 6.07) is 5.01. The molecule has 0 bridgehead atoms. The molecule has 0 aliphatic heterocycles. The number of carbonyl (C=O) groups is 2. The van der Waals surface area contributed by atoms with Gasteiger partial charge in [-0.1, -0.05) is 116 Å². The molecule has 0 fully saturated rings. The van der Waals surface area contributed by atoms with Crippen LogP contribution in [0.3, 0.4) is 0 Å². The molecule has 0 saturated carbocycles. The summed E-state index contributed by atoms with van der Waals surface area (Å²) in [6.45, 7) is 6.84. The Morgan fingerprint density at radius 1 is 0.897 bits per heavy atom. The van der Waals surface area contributed by atoms with Crippen molar-refractivity contribution in [3.8, 4) is 11.5 Å². The number of methoxy groups -OCH3 is 1. The van der Waals surface area contributed by atoms with E-state index in [9.17, 15) is 14.7 Å². The molecule has 5 nitrogen and oxygen atoms in total. The van der Waals surface area contributed by atoms with Crippen LogP contribution in [0.25, 0.3) is 0 Å². The third kappa shape index (κ3) is 17.1. The number of Topliss-reactive ketones (excluding diaryl/α,β-unsaturated/α-hetero) is 1. The maximum atomic E-state index is 13.1. The SMILES string of the molecule is CCCCCCCCCCCCCCCC(=O)C(CCC/C=C\C(C)C)C(=O)NCc1ccc(O)c(OC)c1. The first-order chi connectivity index (χ1) is 18.9. The quantitative estimate of drug-likeness (QED) is 0.0774. The number of phenols is 1. The summed E-state index contributed by atoms with van der Waals surface area (Å²) in [5.74, 6) is 0.195. The summed E-state index contributed by atoms with van der Waals surface area (Å²) in [4.78, 5) is 26.1. The molecule has 222 valence electrons. The van der Waals surface area contributed by atoms with Crippen molar-refractivity contribution in [3.05, 3.63) is 35.9 Å².